The minimum absolute atomic E-state index is 0.290. The summed E-state index contributed by atoms with van der Waals surface area (Å²) >= 11 is 1.61. The van der Waals surface area contributed by atoms with Crippen molar-refractivity contribution in [1.82, 2.24) is 9.78 Å². The Labute approximate surface area is 91.3 Å². The number of thiophene rings is 1. The highest BCUT2D eigenvalue weighted by Gasteiger charge is 2.10. The van der Waals surface area contributed by atoms with Gasteiger partial charge in [0.15, 0.2) is 0 Å². The van der Waals surface area contributed by atoms with Crippen LogP contribution >= 0.6 is 11.3 Å². The van der Waals surface area contributed by atoms with Crippen molar-refractivity contribution in [2.45, 2.75) is 13.1 Å². The smallest absolute Gasteiger partial charge is 0.109 e. The SMILES string of the molecule is NCc1cn(CCF)nc1-c1cccs1. The van der Waals surface area contributed by atoms with E-state index in [0.717, 1.165) is 16.1 Å². The summed E-state index contributed by atoms with van der Waals surface area (Å²) < 4.78 is 13.8. The molecule has 0 aliphatic rings. The summed E-state index contributed by atoms with van der Waals surface area (Å²) in [6, 6.07) is 3.96. The van der Waals surface area contributed by atoms with Gasteiger partial charge in [0.25, 0.3) is 0 Å². The van der Waals surface area contributed by atoms with Crippen molar-refractivity contribution >= 4 is 11.3 Å². The fraction of sp³-hybridized carbons (Fsp3) is 0.300. The maximum absolute atomic E-state index is 12.2. The largest absolute Gasteiger partial charge is 0.326 e. The second-order valence-electron chi connectivity index (χ2n) is 3.14. The van der Waals surface area contributed by atoms with Crippen LogP contribution in [0.1, 0.15) is 5.56 Å². The molecule has 0 bridgehead atoms. The molecule has 80 valence electrons. The van der Waals surface area contributed by atoms with Crippen LogP contribution in [0.2, 0.25) is 0 Å². The molecule has 2 aromatic heterocycles. The van der Waals surface area contributed by atoms with Crippen molar-refractivity contribution in [3.05, 3.63) is 29.3 Å². The minimum Gasteiger partial charge on any atom is -0.326 e. The van der Waals surface area contributed by atoms with E-state index < -0.39 is 6.67 Å². The van der Waals surface area contributed by atoms with E-state index in [4.69, 9.17) is 5.73 Å². The Morgan fingerprint density at radius 1 is 1.53 bits per heavy atom. The molecule has 0 amide bonds. The fourth-order valence-electron chi connectivity index (χ4n) is 1.43. The zero-order valence-corrected chi connectivity index (χ0v) is 9.01. The van der Waals surface area contributed by atoms with Gasteiger partial charge in [0.2, 0.25) is 0 Å². The van der Waals surface area contributed by atoms with Gasteiger partial charge in [-0.2, -0.15) is 5.10 Å². The topological polar surface area (TPSA) is 43.8 Å². The molecule has 0 unspecified atom stereocenters. The molecule has 2 aromatic rings. The third kappa shape index (κ3) is 2.08. The monoisotopic (exact) mass is 225 g/mol. The Balaban J connectivity index is 2.37. The molecule has 0 spiro atoms. The highest BCUT2D eigenvalue weighted by atomic mass is 32.1. The van der Waals surface area contributed by atoms with E-state index in [0.29, 0.717) is 13.1 Å². The van der Waals surface area contributed by atoms with Gasteiger partial charge >= 0.3 is 0 Å². The Morgan fingerprint density at radius 2 is 2.40 bits per heavy atom. The van der Waals surface area contributed by atoms with Crippen LogP contribution < -0.4 is 5.73 Å². The number of nitrogens with two attached hydrogens (primary N) is 1. The normalized spacial score (nSPS) is 10.8. The standard InChI is InChI=1S/C10H12FN3S/c11-3-4-14-7-8(6-12)10(13-14)9-2-1-5-15-9/h1-2,5,7H,3-4,6,12H2. The van der Waals surface area contributed by atoms with Crippen molar-refractivity contribution in [3.8, 4) is 10.6 Å². The molecule has 0 aliphatic heterocycles. The molecular weight excluding hydrogens is 213 g/mol. The lowest BCUT2D eigenvalue weighted by molar-refractivity contribution is 0.427. The van der Waals surface area contributed by atoms with E-state index in [1.54, 1.807) is 16.0 Å². The number of rotatable bonds is 4. The third-order valence-corrected chi connectivity index (χ3v) is 3.00. The first-order valence-electron chi connectivity index (χ1n) is 4.71. The number of aromatic nitrogens is 2. The summed E-state index contributed by atoms with van der Waals surface area (Å²) in [7, 11) is 0. The molecule has 0 saturated heterocycles. The summed E-state index contributed by atoms with van der Waals surface area (Å²) in [5.41, 5.74) is 7.46. The zero-order chi connectivity index (χ0) is 10.7. The Bertz CT molecular complexity index is 422. The van der Waals surface area contributed by atoms with Gasteiger partial charge in [-0.3, -0.25) is 4.68 Å². The van der Waals surface area contributed by atoms with E-state index >= 15 is 0 Å². The Morgan fingerprint density at radius 3 is 3.00 bits per heavy atom. The van der Waals surface area contributed by atoms with Crippen molar-refractivity contribution < 1.29 is 4.39 Å². The first kappa shape index (κ1) is 10.3. The number of hydrogen-bond donors (Lipinski definition) is 1. The van der Waals surface area contributed by atoms with Crippen LogP contribution in [0.4, 0.5) is 4.39 Å². The van der Waals surface area contributed by atoms with Crippen molar-refractivity contribution in [1.29, 1.82) is 0 Å². The van der Waals surface area contributed by atoms with Crippen molar-refractivity contribution in [2.75, 3.05) is 6.67 Å². The summed E-state index contributed by atoms with van der Waals surface area (Å²) in [5, 5.41) is 6.31. The van der Waals surface area contributed by atoms with E-state index in [-0.39, 0.29) is 0 Å². The molecule has 0 aromatic carbocycles. The van der Waals surface area contributed by atoms with Crippen LogP contribution in [0.5, 0.6) is 0 Å². The molecule has 0 fully saturated rings. The van der Waals surface area contributed by atoms with Crippen LogP contribution in [0.3, 0.4) is 0 Å². The second-order valence-corrected chi connectivity index (χ2v) is 4.08. The molecular formula is C10H12FN3S. The van der Waals surface area contributed by atoms with Gasteiger partial charge in [0.1, 0.15) is 12.4 Å². The van der Waals surface area contributed by atoms with Crippen LogP contribution in [-0.4, -0.2) is 16.5 Å². The number of aryl methyl sites for hydroxylation is 1. The van der Waals surface area contributed by atoms with Crippen LogP contribution in [0, 0.1) is 0 Å². The lowest BCUT2D eigenvalue weighted by atomic mass is 10.2. The predicted octanol–water partition coefficient (Wildman–Crippen LogP) is 2.04. The number of hydrogen-bond acceptors (Lipinski definition) is 3. The summed E-state index contributed by atoms with van der Waals surface area (Å²) in [6.07, 6.45) is 1.81. The molecule has 0 saturated carbocycles. The van der Waals surface area contributed by atoms with Gasteiger partial charge < -0.3 is 5.73 Å². The lowest BCUT2D eigenvalue weighted by Crippen LogP contribution is -1.99. The number of nitrogens with zero attached hydrogens (tertiary/aromatic N) is 2. The zero-order valence-electron chi connectivity index (χ0n) is 8.19. The average Bonchev–Trinajstić information content (AvgIpc) is 2.84. The van der Waals surface area contributed by atoms with Gasteiger partial charge in [-0.1, -0.05) is 6.07 Å². The van der Waals surface area contributed by atoms with E-state index in [9.17, 15) is 4.39 Å². The molecule has 2 N–H and O–H groups in total. The predicted molar refractivity (Wildman–Crippen MR) is 59.4 cm³/mol. The minimum atomic E-state index is -0.407. The van der Waals surface area contributed by atoms with Gasteiger partial charge in [-0.05, 0) is 11.4 Å². The van der Waals surface area contributed by atoms with Crippen molar-refractivity contribution in [2.24, 2.45) is 5.73 Å². The molecule has 15 heavy (non-hydrogen) atoms. The molecule has 3 nitrogen and oxygen atoms in total. The summed E-state index contributed by atoms with van der Waals surface area (Å²) in [4.78, 5) is 1.08. The Kier molecular flexibility index (Phi) is 3.13. The number of halogens is 1. The Hall–Kier alpha value is -1.20. The summed E-state index contributed by atoms with van der Waals surface area (Å²) in [5.74, 6) is 0. The molecule has 2 rings (SSSR count). The quantitative estimate of drug-likeness (QED) is 0.865. The van der Waals surface area contributed by atoms with Gasteiger partial charge in [-0.25, -0.2) is 4.39 Å². The maximum atomic E-state index is 12.2. The molecule has 0 aliphatic carbocycles. The van der Waals surface area contributed by atoms with Gasteiger partial charge in [-0.15, -0.1) is 11.3 Å². The molecule has 0 atom stereocenters. The first-order chi connectivity index (χ1) is 7.35. The second kappa shape index (κ2) is 4.55. The molecule has 0 radical (unpaired) electrons. The van der Waals surface area contributed by atoms with E-state index in [1.807, 2.05) is 23.7 Å². The van der Waals surface area contributed by atoms with Crippen LogP contribution in [0.15, 0.2) is 23.7 Å². The average molecular weight is 225 g/mol. The third-order valence-electron chi connectivity index (χ3n) is 2.13. The maximum Gasteiger partial charge on any atom is 0.109 e. The van der Waals surface area contributed by atoms with E-state index in [1.165, 1.54) is 0 Å². The number of alkyl halides is 1. The molecule has 2 heterocycles. The highest BCUT2D eigenvalue weighted by Crippen LogP contribution is 2.26. The summed E-state index contributed by atoms with van der Waals surface area (Å²) in [6.45, 7) is 0.313. The van der Waals surface area contributed by atoms with Crippen molar-refractivity contribution in [3.63, 3.8) is 0 Å². The highest BCUT2D eigenvalue weighted by molar-refractivity contribution is 7.13. The van der Waals surface area contributed by atoms with E-state index in [2.05, 4.69) is 5.10 Å². The molecule has 5 heteroatoms. The lowest BCUT2D eigenvalue weighted by Gasteiger charge is -1.94. The van der Waals surface area contributed by atoms with Crippen LogP contribution in [-0.2, 0) is 13.1 Å². The van der Waals surface area contributed by atoms with Gasteiger partial charge in [0, 0.05) is 18.3 Å². The van der Waals surface area contributed by atoms with Gasteiger partial charge in [0.05, 0.1) is 11.4 Å². The first-order valence-corrected chi connectivity index (χ1v) is 5.59. The fourth-order valence-corrected chi connectivity index (χ4v) is 2.18. The van der Waals surface area contributed by atoms with Crippen LogP contribution in [0.25, 0.3) is 10.6 Å².